The number of hydrogen-bond donors (Lipinski definition) is 0. The van der Waals surface area contributed by atoms with E-state index in [-0.39, 0.29) is 6.10 Å². The average molecular weight is 334 g/mol. The van der Waals surface area contributed by atoms with Crippen molar-refractivity contribution in [1.82, 2.24) is 30.4 Å². The standard InChI is InChI=1S/C13H14N6O3S/c1-3-9(20-5-1)7-19-13(16-17-18-19)23-8-11-14-15-12(22-11)10-4-2-6-21-10/h2,4,6,9H,1,3,5,7-8H2. The molecule has 23 heavy (non-hydrogen) atoms. The van der Waals surface area contributed by atoms with Crippen molar-refractivity contribution in [1.29, 1.82) is 0 Å². The van der Waals surface area contributed by atoms with Gasteiger partial charge in [-0.25, -0.2) is 4.68 Å². The molecule has 0 aliphatic carbocycles. The fourth-order valence-electron chi connectivity index (χ4n) is 2.33. The third kappa shape index (κ3) is 3.27. The van der Waals surface area contributed by atoms with E-state index in [1.807, 2.05) is 0 Å². The molecule has 3 aromatic rings. The maximum absolute atomic E-state index is 5.61. The summed E-state index contributed by atoms with van der Waals surface area (Å²) < 4.78 is 18.1. The van der Waals surface area contributed by atoms with E-state index in [4.69, 9.17) is 13.6 Å². The van der Waals surface area contributed by atoms with Gasteiger partial charge >= 0.3 is 0 Å². The van der Waals surface area contributed by atoms with Gasteiger partial charge in [-0.1, -0.05) is 11.8 Å². The van der Waals surface area contributed by atoms with E-state index in [0.29, 0.717) is 35.0 Å². The molecule has 0 radical (unpaired) electrons. The second-order valence-corrected chi connectivity index (χ2v) is 5.99. The molecule has 1 aliphatic heterocycles. The number of hydrogen-bond acceptors (Lipinski definition) is 9. The van der Waals surface area contributed by atoms with Gasteiger partial charge in [-0.3, -0.25) is 0 Å². The van der Waals surface area contributed by atoms with Gasteiger partial charge < -0.3 is 13.6 Å². The third-order valence-electron chi connectivity index (χ3n) is 3.42. The Labute approximate surface area is 135 Å². The molecule has 3 aromatic heterocycles. The Morgan fingerprint density at radius 2 is 2.30 bits per heavy atom. The van der Waals surface area contributed by atoms with Crippen LogP contribution in [0.4, 0.5) is 0 Å². The molecule has 10 heteroatoms. The maximum Gasteiger partial charge on any atom is 0.283 e. The zero-order valence-corrected chi connectivity index (χ0v) is 13.0. The fourth-order valence-corrected chi connectivity index (χ4v) is 3.06. The first-order valence-corrected chi connectivity index (χ1v) is 8.24. The number of rotatable bonds is 6. The van der Waals surface area contributed by atoms with Crippen LogP contribution in [0.3, 0.4) is 0 Å². The van der Waals surface area contributed by atoms with Crippen molar-refractivity contribution in [3.05, 3.63) is 24.3 Å². The second-order valence-electron chi connectivity index (χ2n) is 5.05. The van der Waals surface area contributed by atoms with Crippen LogP contribution in [0.25, 0.3) is 11.7 Å². The van der Waals surface area contributed by atoms with Crippen molar-refractivity contribution in [3.8, 4) is 11.7 Å². The van der Waals surface area contributed by atoms with Crippen LogP contribution < -0.4 is 0 Å². The molecule has 4 heterocycles. The first-order chi connectivity index (χ1) is 11.4. The lowest BCUT2D eigenvalue weighted by molar-refractivity contribution is 0.0912. The van der Waals surface area contributed by atoms with Gasteiger partial charge in [0.1, 0.15) is 0 Å². The van der Waals surface area contributed by atoms with E-state index in [0.717, 1.165) is 19.4 Å². The van der Waals surface area contributed by atoms with Gasteiger partial charge in [-0.05, 0) is 35.4 Å². The van der Waals surface area contributed by atoms with Crippen molar-refractivity contribution in [2.75, 3.05) is 6.61 Å². The normalized spacial score (nSPS) is 17.8. The smallest absolute Gasteiger partial charge is 0.283 e. The van der Waals surface area contributed by atoms with E-state index >= 15 is 0 Å². The molecule has 1 fully saturated rings. The quantitative estimate of drug-likeness (QED) is 0.624. The highest BCUT2D eigenvalue weighted by molar-refractivity contribution is 7.98. The van der Waals surface area contributed by atoms with Crippen molar-refractivity contribution in [2.24, 2.45) is 0 Å². The number of nitrogens with zero attached hydrogens (tertiary/aromatic N) is 6. The number of ether oxygens (including phenoxy) is 1. The van der Waals surface area contributed by atoms with Gasteiger partial charge in [0.25, 0.3) is 5.89 Å². The summed E-state index contributed by atoms with van der Waals surface area (Å²) in [7, 11) is 0. The average Bonchev–Trinajstić information content (AvgIpc) is 3.34. The summed E-state index contributed by atoms with van der Waals surface area (Å²) in [4.78, 5) is 0. The molecule has 0 spiro atoms. The van der Waals surface area contributed by atoms with Crippen LogP contribution in [0.15, 0.2) is 32.4 Å². The highest BCUT2D eigenvalue weighted by atomic mass is 32.2. The minimum Gasteiger partial charge on any atom is -0.459 e. The summed E-state index contributed by atoms with van der Waals surface area (Å²) in [5.74, 6) is 1.90. The van der Waals surface area contributed by atoms with Crippen LogP contribution in [0.1, 0.15) is 18.7 Å². The zero-order chi connectivity index (χ0) is 15.5. The van der Waals surface area contributed by atoms with Crippen LogP contribution in [-0.2, 0) is 17.0 Å². The molecule has 1 aliphatic rings. The second kappa shape index (κ2) is 6.50. The lowest BCUT2D eigenvalue weighted by atomic mass is 10.2. The van der Waals surface area contributed by atoms with E-state index in [2.05, 4.69) is 25.7 Å². The van der Waals surface area contributed by atoms with Crippen molar-refractivity contribution >= 4 is 11.8 Å². The molecule has 0 saturated carbocycles. The van der Waals surface area contributed by atoms with Gasteiger partial charge in [0.15, 0.2) is 5.76 Å². The Kier molecular flexibility index (Phi) is 4.07. The highest BCUT2D eigenvalue weighted by Crippen LogP contribution is 2.24. The molecule has 0 bridgehead atoms. The van der Waals surface area contributed by atoms with E-state index in [1.54, 1.807) is 23.1 Å². The Morgan fingerprint density at radius 3 is 3.13 bits per heavy atom. The SMILES string of the molecule is c1coc(-c2nnc(CSc3nnnn3CC3CCCO3)o2)c1. The molecule has 120 valence electrons. The van der Waals surface area contributed by atoms with Gasteiger partial charge in [0, 0.05) is 6.61 Å². The summed E-state index contributed by atoms with van der Waals surface area (Å²) in [5.41, 5.74) is 0. The molecular weight excluding hydrogens is 320 g/mol. The topological polar surface area (TPSA) is 105 Å². The Bertz CT molecular complexity index is 749. The number of tetrazole rings is 1. The monoisotopic (exact) mass is 334 g/mol. The summed E-state index contributed by atoms with van der Waals surface area (Å²) in [6, 6.07) is 3.54. The first kappa shape index (κ1) is 14.4. The van der Waals surface area contributed by atoms with Crippen molar-refractivity contribution < 1.29 is 13.6 Å². The minimum absolute atomic E-state index is 0.187. The number of furan rings is 1. The summed E-state index contributed by atoms with van der Waals surface area (Å²) in [6.07, 6.45) is 3.88. The minimum atomic E-state index is 0.187. The largest absolute Gasteiger partial charge is 0.459 e. The first-order valence-electron chi connectivity index (χ1n) is 7.25. The number of aromatic nitrogens is 6. The van der Waals surface area contributed by atoms with Crippen LogP contribution in [0.2, 0.25) is 0 Å². The summed E-state index contributed by atoms with van der Waals surface area (Å²) in [5, 5.41) is 20.4. The summed E-state index contributed by atoms with van der Waals surface area (Å²) >= 11 is 1.45. The van der Waals surface area contributed by atoms with E-state index in [1.165, 1.54) is 11.8 Å². The summed E-state index contributed by atoms with van der Waals surface area (Å²) in [6.45, 7) is 1.48. The van der Waals surface area contributed by atoms with E-state index < -0.39 is 0 Å². The molecule has 1 unspecified atom stereocenters. The third-order valence-corrected chi connectivity index (χ3v) is 4.37. The lowest BCUT2D eigenvalue weighted by Crippen LogP contribution is -2.16. The fraction of sp³-hybridized carbons (Fsp3) is 0.462. The highest BCUT2D eigenvalue weighted by Gasteiger charge is 2.19. The predicted molar refractivity (Wildman–Crippen MR) is 78.4 cm³/mol. The Hall–Kier alpha value is -2.20. The van der Waals surface area contributed by atoms with Crippen LogP contribution in [0, 0.1) is 0 Å². The van der Waals surface area contributed by atoms with Crippen LogP contribution in [0.5, 0.6) is 0 Å². The molecular formula is C13H14N6O3S. The van der Waals surface area contributed by atoms with Gasteiger partial charge in [-0.15, -0.1) is 15.3 Å². The van der Waals surface area contributed by atoms with Crippen molar-refractivity contribution in [2.45, 2.75) is 36.4 Å². The van der Waals surface area contributed by atoms with E-state index in [9.17, 15) is 0 Å². The molecule has 1 atom stereocenters. The molecule has 4 rings (SSSR count). The number of thioether (sulfide) groups is 1. The molecule has 0 aromatic carbocycles. The zero-order valence-electron chi connectivity index (χ0n) is 12.2. The Balaban J connectivity index is 1.38. The van der Waals surface area contributed by atoms with Gasteiger partial charge in [0.05, 0.1) is 24.7 Å². The van der Waals surface area contributed by atoms with Crippen LogP contribution in [-0.4, -0.2) is 43.1 Å². The van der Waals surface area contributed by atoms with Gasteiger partial charge in [0.2, 0.25) is 11.0 Å². The molecule has 9 nitrogen and oxygen atoms in total. The maximum atomic E-state index is 5.61. The molecule has 0 N–H and O–H groups in total. The van der Waals surface area contributed by atoms with Crippen LogP contribution >= 0.6 is 11.8 Å². The predicted octanol–water partition coefficient (Wildman–Crippen LogP) is 1.79. The van der Waals surface area contributed by atoms with Crippen molar-refractivity contribution in [3.63, 3.8) is 0 Å². The lowest BCUT2D eigenvalue weighted by Gasteiger charge is -2.09. The molecule has 0 amide bonds. The molecule has 1 saturated heterocycles. The Morgan fingerprint density at radius 1 is 1.30 bits per heavy atom. The van der Waals surface area contributed by atoms with Gasteiger partial charge in [-0.2, -0.15) is 0 Å².